The van der Waals surface area contributed by atoms with E-state index in [2.05, 4.69) is 12.1 Å². The molecule has 1 unspecified atom stereocenters. The molecule has 29 heavy (non-hydrogen) atoms. The van der Waals surface area contributed by atoms with E-state index in [4.69, 9.17) is 18.6 Å². The van der Waals surface area contributed by atoms with Crippen molar-refractivity contribution in [3.63, 3.8) is 0 Å². The molecule has 2 heterocycles. The number of rotatable bonds is 5. The SMILES string of the molecule is CCc1cc(=O)oc2c(C)c3c(cc12)C[NH+](Cc1ccc(OC)c(OC)c1)CO3. The third kappa shape index (κ3) is 3.56. The minimum absolute atomic E-state index is 0.311. The molecule has 1 atom stereocenters. The van der Waals surface area contributed by atoms with Gasteiger partial charge in [-0.25, -0.2) is 4.79 Å². The van der Waals surface area contributed by atoms with E-state index in [9.17, 15) is 4.79 Å². The molecule has 1 aliphatic heterocycles. The molecule has 0 aliphatic carbocycles. The lowest BCUT2D eigenvalue weighted by Crippen LogP contribution is -3.10. The van der Waals surface area contributed by atoms with Gasteiger partial charge in [-0.05, 0) is 43.2 Å². The van der Waals surface area contributed by atoms with Crippen molar-refractivity contribution in [1.29, 1.82) is 0 Å². The summed E-state index contributed by atoms with van der Waals surface area (Å²) >= 11 is 0. The van der Waals surface area contributed by atoms with E-state index in [1.807, 2.05) is 26.0 Å². The normalized spacial score (nSPS) is 15.7. The number of hydrogen-bond acceptors (Lipinski definition) is 5. The van der Waals surface area contributed by atoms with E-state index in [0.29, 0.717) is 12.3 Å². The molecular weight excluding hydrogens is 370 g/mol. The molecule has 1 aromatic heterocycles. The third-order valence-electron chi connectivity index (χ3n) is 5.52. The topological polar surface area (TPSA) is 62.3 Å². The number of benzene rings is 2. The summed E-state index contributed by atoms with van der Waals surface area (Å²) in [5.74, 6) is 2.29. The Morgan fingerprint density at radius 3 is 2.62 bits per heavy atom. The standard InChI is InChI=1S/C23H25NO5/c1-5-16-10-21(25)29-23-14(2)22-17(9-18(16)23)12-24(13-28-22)11-15-6-7-19(26-3)20(8-15)27-4/h6-10H,5,11-13H2,1-4H3/p+1. The largest absolute Gasteiger partial charge is 0.493 e. The number of aryl methyl sites for hydroxylation is 2. The molecule has 0 saturated heterocycles. The lowest BCUT2D eigenvalue weighted by molar-refractivity contribution is -0.945. The van der Waals surface area contributed by atoms with Gasteiger partial charge in [0.15, 0.2) is 11.5 Å². The molecule has 0 radical (unpaired) electrons. The van der Waals surface area contributed by atoms with Crippen LogP contribution in [0, 0.1) is 6.92 Å². The van der Waals surface area contributed by atoms with Crippen molar-refractivity contribution in [3.8, 4) is 17.2 Å². The molecule has 0 bridgehead atoms. The Morgan fingerprint density at radius 1 is 1.10 bits per heavy atom. The Kier molecular flexibility index (Phi) is 5.20. The second kappa shape index (κ2) is 7.79. The van der Waals surface area contributed by atoms with Gasteiger partial charge in [0.25, 0.3) is 0 Å². The maximum Gasteiger partial charge on any atom is 0.336 e. The Balaban J connectivity index is 1.65. The van der Waals surface area contributed by atoms with Gasteiger partial charge in [0.05, 0.1) is 14.2 Å². The van der Waals surface area contributed by atoms with Crippen LogP contribution in [-0.4, -0.2) is 21.0 Å². The van der Waals surface area contributed by atoms with Crippen LogP contribution in [0.5, 0.6) is 17.2 Å². The highest BCUT2D eigenvalue weighted by atomic mass is 16.5. The molecule has 1 aliphatic rings. The van der Waals surface area contributed by atoms with Gasteiger partial charge in [0, 0.05) is 28.1 Å². The van der Waals surface area contributed by atoms with Gasteiger partial charge in [-0.1, -0.05) is 6.92 Å². The number of nitrogens with one attached hydrogen (secondary N) is 1. The zero-order valence-corrected chi connectivity index (χ0v) is 17.3. The van der Waals surface area contributed by atoms with Crippen molar-refractivity contribution in [1.82, 2.24) is 0 Å². The Morgan fingerprint density at radius 2 is 1.90 bits per heavy atom. The second-order valence-corrected chi connectivity index (χ2v) is 7.39. The summed E-state index contributed by atoms with van der Waals surface area (Å²) in [5, 5.41) is 0.999. The molecule has 152 valence electrons. The van der Waals surface area contributed by atoms with Gasteiger partial charge in [0.1, 0.15) is 24.4 Å². The van der Waals surface area contributed by atoms with Crippen LogP contribution in [0.2, 0.25) is 0 Å². The first-order valence-electron chi connectivity index (χ1n) is 9.80. The van der Waals surface area contributed by atoms with Gasteiger partial charge < -0.3 is 18.6 Å². The molecule has 6 nitrogen and oxygen atoms in total. The first kappa shape index (κ1) is 19.3. The Labute approximate surface area is 169 Å². The summed E-state index contributed by atoms with van der Waals surface area (Å²) in [6, 6.07) is 9.70. The predicted octanol–water partition coefficient (Wildman–Crippen LogP) is 2.62. The predicted molar refractivity (Wildman–Crippen MR) is 110 cm³/mol. The highest BCUT2D eigenvalue weighted by molar-refractivity contribution is 5.86. The zero-order chi connectivity index (χ0) is 20.5. The fraction of sp³-hybridized carbons (Fsp3) is 0.348. The van der Waals surface area contributed by atoms with Gasteiger partial charge in [0.2, 0.25) is 6.73 Å². The van der Waals surface area contributed by atoms with Crippen LogP contribution in [0.3, 0.4) is 0 Å². The first-order chi connectivity index (χ1) is 14.0. The van der Waals surface area contributed by atoms with E-state index in [-0.39, 0.29) is 5.63 Å². The molecule has 2 aromatic carbocycles. The van der Waals surface area contributed by atoms with Crippen LogP contribution in [0.4, 0.5) is 0 Å². The highest BCUT2D eigenvalue weighted by Crippen LogP contribution is 2.33. The van der Waals surface area contributed by atoms with Crippen molar-refractivity contribution in [3.05, 3.63) is 63.0 Å². The molecule has 4 rings (SSSR count). The molecule has 0 amide bonds. The average Bonchev–Trinajstić information content (AvgIpc) is 2.73. The summed E-state index contributed by atoms with van der Waals surface area (Å²) < 4.78 is 22.4. The monoisotopic (exact) mass is 396 g/mol. The number of quaternary nitrogens is 1. The van der Waals surface area contributed by atoms with Gasteiger partial charge in [-0.2, -0.15) is 0 Å². The van der Waals surface area contributed by atoms with E-state index in [0.717, 1.165) is 64.4 Å². The summed E-state index contributed by atoms with van der Waals surface area (Å²) in [4.78, 5) is 13.2. The van der Waals surface area contributed by atoms with Crippen LogP contribution in [0.25, 0.3) is 11.0 Å². The molecule has 1 N–H and O–H groups in total. The minimum Gasteiger partial charge on any atom is -0.493 e. The van der Waals surface area contributed by atoms with Crippen molar-refractivity contribution in [2.24, 2.45) is 0 Å². The smallest absolute Gasteiger partial charge is 0.336 e. The fourth-order valence-electron chi connectivity index (χ4n) is 4.08. The summed E-state index contributed by atoms with van der Waals surface area (Å²) in [6.07, 6.45) is 0.781. The second-order valence-electron chi connectivity index (χ2n) is 7.39. The molecule has 0 spiro atoms. The van der Waals surface area contributed by atoms with Crippen molar-refractivity contribution < 1.29 is 23.5 Å². The van der Waals surface area contributed by atoms with E-state index in [1.54, 1.807) is 20.3 Å². The van der Waals surface area contributed by atoms with Crippen LogP contribution < -0.4 is 24.7 Å². The summed E-state index contributed by atoms with van der Waals surface area (Å²) in [5.41, 5.74) is 4.53. The summed E-state index contributed by atoms with van der Waals surface area (Å²) in [6.45, 7) is 6.20. The van der Waals surface area contributed by atoms with E-state index in [1.165, 1.54) is 4.90 Å². The van der Waals surface area contributed by atoms with Gasteiger partial charge in [-0.3, -0.25) is 4.90 Å². The average molecular weight is 396 g/mol. The summed E-state index contributed by atoms with van der Waals surface area (Å²) in [7, 11) is 3.28. The van der Waals surface area contributed by atoms with Crippen LogP contribution >= 0.6 is 0 Å². The van der Waals surface area contributed by atoms with Crippen molar-refractivity contribution >= 4 is 11.0 Å². The molecule has 0 saturated carbocycles. The maximum atomic E-state index is 11.9. The quantitative estimate of drug-likeness (QED) is 0.672. The van der Waals surface area contributed by atoms with Crippen LogP contribution in [0.1, 0.15) is 29.2 Å². The number of ether oxygens (including phenoxy) is 3. The van der Waals surface area contributed by atoms with E-state index < -0.39 is 0 Å². The van der Waals surface area contributed by atoms with Crippen LogP contribution in [0.15, 0.2) is 39.5 Å². The molecule has 0 fully saturated rings. The fourth-order valence-corrected chi connectivity index (χ4v) is 4.08. The number of hydrogen-bond donors (Lipinski definition) is 1. The first-order valence-corrected chi connectivity index (χ1v) is 9.80. The zero-order valence-electron chi connectivity index (χ0n) is 17.3. The lowest BCUT2D eigenvalue weighted by Gasteiger charge is -2.28. The van der Waals surface area contributed by atoms with Crippen molar-refractivity contribution in [2.45, 2.75) is 33.4 Å². The Bertz CT molecular complexity index is 1120. The van der Waals surface area contributed by atoms with E-state index >= 15 is 0 Å². The maximum absolute atomic E-state index is 11.9. The third-order valence-corrected chi connectivity index (χ3v) is 5.52. The lowest BCUT2D eigenvalue weighted by atomic mass is 9.99. The van der Waals surface area contributed by atoms with Crippen LogP contribution in [-0.2, 0) is 19.5 Å². The molecule has 3 aromatic rings. The Hall–Kier alpha value is -2.99. The molecular formula is C23H26NO5+. The minimum atomic E-state index is -0.311. The van der Waals surface area contributed by atoms with Gasteiger partial charge in [-0.15, -0.1) is 0 Å². The highest BCUT2D eigenvalue weighted by Gasteiger charge is 2.25. The number of methoxy groups -OCH3 is 2. The number of fused-ring (bicyclic) bond motifs is 2. The van der Waals surface area contributed by atoms with Gasteiger partial charge >= 0.3 is 5.63 Å². The molecule has 6 heteroatoms. The van der Waals surface area contributed by atoms with Crippen molar-refractivity contribution in [2.75, 3.05) is 21.0 Å².